The zero-order valence-corrected chi connectivity index (χ0v) is 9.85. The molecule has 90 valence electrons. The van der Waals surface area contributed by atoms with Crippen molar-refractivity contribution in [1.29, 1.82) is 0 Å². The Labute approximate surface area is 99.5 Å². The number of anilines is 1. The van der Waals surface area contributed by atoms with Crippen molar-refractivity contribution < 1.29 is 5.11 Å². The molecule has 5 heteroatoms. The van der Waals surface area contributed by atoms with Crippen LogP contribution in [-0.4, -0.2) is 32.9 Å². The van der Waals surface area contributed by atoms with Crippen molar-refractivity contribution in [2.75, 3.05) is 18.5 Å². The van der Waals surface area contributed by atoms with Crippen LogP contribution < -0.4 is 5.32 Å². The van der Waals surface area contributed by atoms with E-state index in [0.717, 1.165) is 25.0 Å². The normalized spacial score (nSPS) is 17.3. The minimum Gasteiger partial charge on any atom is -0.396 e. The van der Waals surface area contributed by atoms with Gasteiger partial charge in [0.15, 0.2) is 5.65 Å². The predicted octanol–water partition coefficient (Wildman–Crippen LogP) is 1.22. The maximum Gasteiger partial charge on any atom is 0.243 e. The van der Waals surface area contributed by atoms with Gasteiger partial charge in [-0.05, 0) is 37.5 Å². The molecule has 0 amide bonds. The highest BCUT2D eigenvalue weighted by Crippen LogP contribution is 2.44. The number of pyridine rings is 1. The van der Waals surface area contributed by atoms with E-state index in [1.54, 1.807) is 4.52 Å². The Morgan fingerprint density at radius 3 is 3.06 bits per heavy atom. The lowest BCUT2D eigenvalue weighted by Gasteiger charge is -2.10. The average Bonchev–Trinajstić information content (AvgIpc) is 3.00. The maximum absolute atomic E-state index is 9.22. The monoisotopic (exact) mass is 232 g/mol. The second-order valence-electron chi connectivity index (χ2n) is 4.95. The molecule has 0 saturated heterocycles. The van der Waals surface area contributed by atoms with Gasteiger partial charge in [-0.2, -0.15) is 4.98 Å². The molecule has 1 aliphatic carbocycles. The fourth-order valence-electron chi connectivity index (χ4n) is 1.89. The molecule has 0 spiro atoms. The number of fused-ring (bicyclic) bond motifs is 1. The first-order valence-electron chi connectivity index (χ1n) is 5.89. The third kappa shape index (κ3) is 1.98. The van der Waals surface area contributed by atoms with Crippen molar-refractivity contribution in [3.63, 3.8) is 0 Å². The summed E-state index contributed by atoms with van der Waals surface area (Å²) in [4.78, 5) is 4.40. The summed E-state index contributed by atoms with van der Waals surface area (Å²) in [5.74, 6) is 0.635. The largest absolute Gasteiger partial charge is 0.396 e. The number of hydrogen-bond acceptors (Lipinski definition) is 4. The summed E-state index contributed by atoms with van der Waals surface area (Å²) in [6.07, 6.45) is 4.08. The molecule has 5 nitrogen and oxygen atoms in total. The highest BCUT2D eigenvalue weighted by molar-refractivity contribution is 5.45. The van der Waals surface area contributed by atoms with Gasteiger partial charge in [-0.1, -0.05) is 0 Å². The molecule has 0 aromatic carbocycles. The molecule has 0 unspecified atom stereocenters. The molecular formula is C12H16N4O. The van der Waals surface area contributed by atoms with Gasteiger partial charge in [0.25, 0.3) is 0 Å². The van der Waals surface area contributed by atoms with Crippen molar-refractivity contribution in [3.05, 3.63) is 23.9 Å². The van der Waals surface area contributed by atoms with Gasteiger partial charge >= 0.3 is 0 Å². The quantitative estimate of drug-likeness (QED) is 0.832. The van der Waals surface area contributed by atoms with E-state index in [1.165, 1.54) is 5.56 Å². The number of aromatic nitrogens is 3. The van der Waals surface area contributed by atoms with Gasteiger partial charge in [0.05, 0.1) is 6.61 Å². The summed E-state index contributed by atoms with van der Waals surface area (Å²) in [6.45, 7) is 3.03. The summed E-state index contributed by atoms with van der Waals surface area (Å²) < 4.78 is 1.76. The first-order valence-corrected chi connectivity index (χ1v) is 5.89. The molecule has 0 bridgehead atoms. The Balaban J connectivity index is 1.77. The summed E-state index contributed by atoms with van der Waals surface area (Å²) in [5, 5.41) is 16.8. The van der Waals surface area contributed by atoms with E-state index in [1.807, 2.05) is 25.3 Å². The molecule has 0 aliphatic heterocycles. The van der Waals surface area contributed by atoms with Gasteiger partial charge in [-0.25, -0.2) is 4.52 Å². The van der Waals surface area contributed by atoms with Crippen LogP contribution in [0.1, 0.15) is 18.4 Å². The second kappa shape index (κ2) is 3.70. The van der Waals surface area contributed by atoms with E-state index in [-0.39, 0.29) is 12.0 Å². The number of nitrogens with zero attached hydrogens (tertiary/aromatic N) is 3. The van der Waals surface area contributed by atoms with E-state index >= 15 is 0 Å². The Bertz CT molecular complexity index is 544. The van der Waals surface area contributed by atoms with Gasteiger partial charge in [-0.15, -0.1) is 5.10 Å². The second-order valence-corrected chi connectivity index (χ2v) is 4.95. The molecule has 2 aromatic heterocycles. The highest BCUT2D eigenvalue weighted by Gasteiger charge is 2.41. The summed E-state index contributed by atoms with van der Waals surface area (Å²) in [7, 11) is 0. The van der Waals surface area contributed by atoms with E-state index in [2.05, 4.69) is 15.4 Å². The van der Waals surface area contributed by atoms with Crippen LogP contribution >= 0.6 is 0 Å². The Morgan fingerprint density at radius 1 is 1.53 bits per heavy atom. The molecule has 1 fully saturated rings. The van der Waals surface area contributed by atoms with Crippen molar-refractivity contribution in [2.45, 2.75) is 19.8 Å². The van der Waals surface area contributed by atoms with Crippen LogP contribution in [0, 0.1) is 12.3 Å². The maximum atomic E-state index is 9.22. The number of rotatable bonds is 4. The van der Waals surface area contributed by atoms with Crippen molar-refractivity contribution in [3.8, 4) is 0 Å². The van der Waals surface area contributed by atoms with Crippen LogP contribution in [0.3, 0.4) is 0 Å². The van der Waals surface area contributed by atoms with Crippen LogP contribution in [-0.2, 0) is 0 Å². The molecule has 3 rings (SSSR count). The van der Waals surface area contributed by atoms with Gasteiger partial charge in [0, 0.05) is 18.2 Å². The Hall–Kier alpha value is -1.62. The molecular weight excluding hydrogens is 216 g/mol. The van der Waals surface area contributed by atoms with Gasteiger partial charge in [0.2, 0.25) is 5.95 Å². The third-order valence-corrected chi connectivity index (χ3v) is 3.41. The number of nitrogens with one attached hydrogen (secondary N) is 1. The molecule has 2 heterocycles. The van der Waals surface area contributed by atoms with Crippen LogP contribution in [0.2, 0.25) is 0 Å². The zero-order chi connectivity index (χ0) is 11.9. The number of aliphatic hydroxyl groups is 1. The Morgan fingerprint density at radius 2 is 2.35 bits per heavy atom. The molecule has 2 aromatic rings. The first kappa shape index (κ1) is 10.5. The molecule has 2 N–H and O–H groups in total. The number of hydrogen-bond donors (Lipinski definition) is 2. The smallest absolute Gasteiger partial charge is 0.243 e. The Kier molecular flexibility index (Phi) is 2.29. The van der Waals surface area contributed by atoms with E-state index in [4.69, 9.17) is 0 Å². The van der Waals surface area contributed by atoms with Gasteiger partial charge < -0.3 is 10.4 Å². The topological polar surface area (TPSA) is 62.5 Å². The minimum atomic E-state index is 0.0768. The van der Waals surface area contributed by atoms with Crippen LogP contribution in [0.15, 0.2) is 18.3 Å². The molecule has 17 heavy (non-hydrogen) atoms. The van der Waals surface area contributed by atoms with Crippen LogP contribution in [0.25, 0.3) is 5.65 Å². The minimum absolute atomic E-state index is 0.0768. The van der Waals surface area contributed by atoms with Gasteiger partial charge in [-0.3, -0.25) is 0 Å². The molecule has 1 saturated carbocycles. The standard InChI is InChI=1S/C12H16N4O/c1-9-2-5-16-10(6-9)14-11(15-16)13-7-12(8-17)3-4-12/h2,5-6,17H,3-4,7-8H2,1H3,(H,13,15). The lowest BCUT2D eigenvalue weighted by molar-refractivity contribution is 0.219. The van der Waals surface area contributed by atoms with Gasteiger partial charge in [0.1, 0.15) is 0 Å². The third-order valence-electron chi connectivity index (χ3n) is 3.41. The van der Waals surface area contributed by atoms with Crippen LogP contribution in [0.5, 0.6) is 0 Å². The number of aliphatic hydroxyl groups excluding tert-OH is 1. The SMILES string of the molecule is Cc1ccn2nc(NCC3(CO)CC3)nc2c1. The molecule has 0 atom stereocenters. The number of aryl methyl sites for hydroxylation is 1. The fourth-order valence-corrected chi connectivity index (χ4v) is 1.89. The van der Waals surface area contributed by atoms with E-state index in [0.29, 0.717) is 5.95 Å². The molecule has 1 aliphatic rings. The lowest BCUT2D eigenvalue weighted by atomic mass is 10.1. The van der Waals surface area contributed by atoms with Crippen molar-refractivity contribution >= 4 is 11.6 Å². The van der Waals surface area contributed by atoms with Crippen molar-refractivity contribution in [2.24, 2.45) is 5.41 Å². The summed E-state index contributed by atoms with van der Waals surface area (Å²) in [6, 6.07) is 4.00. The fraction of sp³-hybridized carbons (Fsp3) is 0.500. The predicted molar refractivity (Wildman–Crippen MR) is 65.0 cm³/mol. The van der Waals surface area contributed by atoms with E-state index in [9.17, 15) is 5.11 Å². The van der Waals surface area contributed by atoms with Crippen molar-refractivity contribution in [1.82, 2.24) is 14.6 Å². The lowest BCUT2D eigenvalue weighted by Crippen LogP contribution is -2.19. The summed E-state index contributed by atoms with van der Waals surface area (Å²) >= 11 is 0. The van der Waals surface area contributed by atoms with Crippen LogP contribution in [0.4, 0.5) is 5.95 Å². The van der Waals surface area contributed by atoms with E-state index < -0.39 is 0 Å². The first-order chi connectivity index (χ1) is 8.21. The zero-order valence-electron chi connectivity index (χ0n) is 9.85. The average molecular weight is 232 g/mol. The highest BCUT2D eigenvalue weighted by atomic mass is 16.3. The molecule has 0 radical (unpaired) electrons. The summed E-state index contributed by atoms with van der Waals surface area (Å²) in [5.41, 5.74) is 2.10.